The van der Waals surface area contributed by atoms with Crippen molar-refractivity contribution >= 4 is 0 Å². The van der Waals surface area contributed by atoms with Crippen LogP contribution in [0.4, 0.5) is 0 Å². The lowest BCUT2D eigenvalue weighted by Crippen LogP contribution is -2.48. The average molecular weight is 211 g/mol. The Morgan fingerprint density at radius 1 is 1.20 bits per heavy atom. The summed E-state index contributed by atoms with van der Waals surface area (Å²) in [6, 6.07) is 0.960. The molecule has 1 saturated heterocycles. The molecule has 0 aromatic carbocycles. The van der Waals surface area contributed by atoms with Crippen molar-refractivity contribution in [1.82, 2.24) is 4.90 Å². The van der Waals surface area contributed by atoms with Crippen LogP contribution in [0, 0.1) is 11.8 Å². The van der Waals surface area contributed by atoms with Gasteiger partial charge in [-0.05, 0) is 44.1 Å². The van der Waals surface area contributed by atoms with E-state index < -0.39 is 0 Å². The van der Waals surface area contributed by atoms with Gasteiger partial charge in [-0.3, -0.25) is 4.90 Å². The van der Waals surface area contributed by atoms with E-state index in [4.69, 9.17) is 0 Å². The summed E-state index contributed by atoms with van der Waals surface area (Å²) < 4.78 is 0. The van der Waals surface area contributed by atoms with Crippen molar-refractivity contribution in [2.24, 2.45) is 11.8 Å². The molecule has 1 saturated carbocycles. The van der Waals surface area contributed by atoms with Gasteiger partial charge in [0, 0.05) is 14.0 Å². The van der Waals surface area contributed by atoms with E-state index in [1.807, 2.05) is 0 Å². The predicted molar refractivity (Wildman–Crippen MR) is 68.1 cm³/mol. The first kappa shape index (κ1) is 11.4. The molecular formula is C14H29N. The van der Waals surface area contributed by atoms with E-state index in [2.05, 4.69) is 18.7 Å². The maximum atomic E-state index is 2.82. The van der Waals surface area contributed by atoms with Crippen molar-refractivity contribution in [3.8, 4) is 0 Å². The lowest BCUT2D eigenvalue weighted by atomic mass is 9.78. The molecule has 2 rings (SSSR count). The molecule has 1 aliphatic carbocycles. The highest BCUT2D eigenvalue weighted by molar-refractivity contribution is 4.87. The van der Waals surface area contributed by atoms with Gasteiger partial charge in [0.1, 0.15) is 0 Å². The van der Waals surface area contributed by atoms with Crippen molar-refractivity contribution in [1.29, 1.82) is 0 Å². The number of hydrogen-bond donors (Lipinski definition) is 0. The normalized spacial score (nSPS) is 34.8. The van der Waals surface area contributed by atoms with Crippen LogP contribution in [0.25, 0.3) is 0 Å². The lowest BCUT2D eigenvalue weighted by Gasteiger charge is -2.45. The molecule has 0 amide bonds. The van der Waals surface area contributed by atoms with Gasteiger partial charge < -0.3 is 0 Å². The summed E-state index contributed by atoms with van der Waals surface area (Å²) in [6.45, 7) is 7.47. The van der Waals surface area contributed by atoms with Crippen molar-refractivity contribution in [3.63, 3.8) is 0 Å². The van der Waals surface area contributed by atoms with E-state index in [1.165, 1.54) is 58.0 Å². The summed E-state index contributed by atoms with van der Waals surface area (Å²) in [7, 11) is 0. The molecule has 1 aliphatic heterocycles. The molecule has 0 aromatic rings. The van der Waals surface area contributed by atoms with E-state index in [9.17, 15) is 0 Å². The van der Waals surface area contributed by atoms with Crippen LogP contribution in [0.1, 0.15) is 60.2 Å². The molecule has 2 aliphatic rings. The Morgan fingerprint density at radius 3 is 2.73 bits per heavy atom. The van der Waals surface area contributed by atoms with Crippen LogP contribution in [0.2, 0.25) is 0 Å². The Labute approximate surface area is 96.7 Å². The van der Waals surface area contributed by atoms with Crippen molar-refractivity contribution in [2.75, 3.05) is 13.1 Å². The maximum Gasteiger partial charge on any atom is 0.0124 e. The minimum atomic E-state index is 0. The number of nitrogens with zero attached hydrogens (tertiary/aromatic N) is 1. The molecule has 1 heteroatoms. The van der Waals surface area contributed by atoms with Gasteiger partial charge in [-0.25, -0.2) is 0 Å². The van der Waals surface area contributed by atoms with E-state index in [-0.39, 0.29) is 1.43 Å². The molecule has 3 atom stereocenters. The van der Waals surface area contributed by atoms with Gasteiger partial charge in [-0.2, -0.15) is 0 Å². The van der Waals surface area contributed by atoms with Gasteiger partial charge in [-0.1, -0.05) is 33.1 Å². The van der Waals surface area contributed by atoms with Gasteiger partial charge in [0.15, 0.2) is 0 Å². The minimum Gasteiger partial charge on any atom is -0.300 e. The monoisotopic (exact) mass is 211 g/mol. The third-order valence-corrected chi connectivity index (χ3v) is 4.60. The Kier molecular flexibility index (Phi) is 4.07. The number of fused-ring (bicyclic) bond motifs is 1. The molecule has 2 fully saturated rings. The first-order valence-electron chi connectivity index (χ1n) is 7.05. The van der Waals surface area contributed by atoms with Crippen LogP contribution < -0.4 is 0 Å². The highest BCUT2D eigenvalue weighted by Crippen LogP contribution is 2.35. The fourth-order valence-corrected chi connectivity index (χ4v) is 3.48. The zero-order valence-electron chi connectivity index (χ0n) is 10.5. The average Bonchev–Trinajstić information content (AvgIpc) is 2.29. The molecule has 0 N–H and O–H groups in total. The van der Waals surface area contributed by atoms with Crippen molar-refractivity contribution < 1.29 is 1.43 Å². The summed E-state index contributed by atoms with van der Waals surface area (Å²) in [5, 5.41) is 0. The SMILES string of the molecule is CCC(C)CN1CCCC2CCCC[C@@H]21.[HH]. The van der Waals surface area contributed by atoms with Crippen LogP contribution in [-0.2, 0) is 0 Å². The summed E-state index contributed by atoms with van der Waals surface area (Å²) in [4.78, 5) is 2.82. The quantitative estimate of drug-likeness (QED) is 0.683. The van der Waals surface area contributed by atoms with Crippen LogP contribution in [0.5, 0.6) is 0 Å². The van der Waals surface area contributed by atoms with Gasteiger partial charge in [0.2, 0.25) is 0 Å². The number of piperidine rings is 1. The second-order valence-corrected chi connectivity index (χ2v) is 5.76. The molecule has 1 nitrogen and oxygen atoms in total. The molecular weight excluding hydrogens is 182 g/mol. The van der Waals surface area contributed by atoms with E-state index in [0.717, 1.165) is 17.9 Å². The van der Waals surface area contributed by atoms with E-state index >= 15 is 0 Å². The first-order chi connectivity index (χ1) is 7.31. The largest absolute Gasteiger partial charge is 0.300 e. The van der Waals surface area contributed by atoms with Gasteiger partial charge in [-0.15, -0.1) is 0 Å². The Hall–Kier alpha value is -0.0400. The predicted octanol–water partition coefficient (Wildman–Crippen LogP) is 3.93. The van der Waals surface area contributed by atoms with Crippen LogP contribution in [-0.4, -0.2) is 24.0 Å². The first-order valence-corrected chi connectivity index (χ1v) is 7.05. The van der Waals surface area contributed by atoms with Crippen molar-refractivity contribution in [2.45, 2.75) is 64.8 Å². The number of hydrogen-bond acceptors (Lipinski definition) is 1. The molecule has 90 valence electrons. The Bertz CT molecular complexity index is 193. The molecule has 15 heavy (non-hydrogen) atoms. The Morgan fingerprint density at radius 2 is 1.93 bits per heavy atom. The van der Waals surface area contributed by atoms with Gasteiger partial charge in [0.25, 0.3) is 0 Å². The molecule has 1 heterocycles. The molecule has 0 aromatic heterocycles. The lowest BCUT2D eigenvalue weighted by molar-refractivity contribution is 0.0496. The van der Waals surface area contributed by atoms with Crippen LogP contribution >= 0.6 is 0 Å². The summed E-state index contributed by atoms with van der Waals surface area (Å²) >= 11 is 0. The topological polar surface area (TPSA) is 3.24 Å². The molecule has 0 radical (unpaired) electrons. The summed E-state index contributed by atoms with van der Waals surface area (Å²) in [6.07, 6.45) is 10.3. The molecule has 0 spiro atoms. The van der Waals surface area contributed by atoms with Gasteiger partial charge >= 0.3 is 0 Å². The minimum absolute atomic E-state index is 0. The third-order valence-electron chi connectivity index (χ3n) is 4.60. The molecule has 2 unspecified atom stereocenters. The standard InChI is InChI=1S/C14H27N.H2/c1-3-12(2)11-15-10-6-8-13-7-4-5-9-14(13)15;/h12-14H,3-11H2,1-2H3;1H/t12?,13?,14-;/m0./s1. The van der Waals surface area contributed by atoms with Crippen LogP contribution in [0.3, 0.4) is 0 Å². The highest BCUT2D eigenvalue weighted by Gasteiger charge is 2.33. The van der Waals surface area contributed by atoms with E-state index in [0.29, 0.717) is 0 Å². The zero-order valence-corrected chi connectivity index (χ0v) is 10.5. The zero-order chi connectivity index (χ0) is 10.7. The fourth-order valence-electron chi connectivity index (χ4n) is 3.48. The summed E-state index contributed by atoms with van der Waals surface area (Å²) in [5.41, 5.74) is 0. The van der Waals surface area contributed by atoms with Crippen molar-refractivity contribution in [3.05, 3.63) is 0 Å². The maximum absolute atomic E-state index is 2.82. The van der Waals surface area contributed by atoms with Gasteiger partial charge in [0.05, 0.1) is 0 Å². The smallest absolute Gasteiger partial charge is 0.0124 e. The second-order valence-electron chi connectivity index (χ2n) is 5.76. The Balaban J connectivity index is 0.00000128. The summed E-state index contributed by atoms with van der Waals surface area (Å²) in [5.74, 6) is 1.95. The molecule has 0 bridgehead atoms. The van der Waals surface area contributed by atoms with Crippen LogP contribution in [0.15, 0.2) is 0 Å². The van der Waals surface area contributed by atoms with E-state index in [1.54, 1.807) is 0 Å². The highest BCUT2D eigenvalue weighted by atomic mass is 15.2. The second kappa shape index (κ2) is 5.34. The fraction of sp³-hybridized carbons (Fsp3) is 1.00. The third kappa shape index (κ3) is 2.75. The number of likely N-dealkylation sites (tertiary alicyclic amines) is 1. The number of rotatable bonds is 3.